The van der Waals surface area contributed by atoms with Crippen LogP contribution in [-0.2, 0) is 6.42 Å². The lowest BCUT2D eigenvalue weighted by Gasteiger charge is -2.30. The maximum atomic E-state index is 12.9. The Balaban J connectivity index is 1.91. The maximum Gasteiger partial charge on any atom is 0.258 e. The van der Waals surface area contributed by atoms with Gasteiger partial charge in [-0.1, -0.05) is 0 Å². The highest BCUT2D eigenvalue weighted by atomic mass is 16.2. The standard InChI is InChI=1S/C20H22N2O2/c1-14(23)16-8-11-19-17(13-16)5-4-12-22(19)20(24)15-6-9-18(10-7-15)21(2)3/h6-11,13H,4-5,12H2,1-3H3. The summed E-state index contributed by atoms with van der Waals surface area (Å²) in [7, 11) is 3.95. The third-order valence-corrected chi connectivity index (χ3v) is 4.48. The Morgan fingerprint density at radius 3 is 2.29 bits per heavy atom. The van der Waals surface area contributed by atoms with E-state index < -0.39 is 0 Å². The molecule has 3 rings (SSSR count). The van der Waals surface area contributed by atoms with Crippen molar-refractivity contribution in [2.24, 2.45) is 0 Å². The fraction of sp³-hybridized carbons (Fsp3) is 0.300. The van der Waals surface area contributed by atoms with Crippen molar-refractivity contribution in [1.82, 2.24) is 0 Å². The molecular formula is C20H22N2O2. The zero-order valence-corrected chi connectivity index (χ0v) is 14.4. The Bertz CT molecular complexity index is 779. The minimum atomic E-state index is 0.0110. The Morgan fingerprint density at radius 1 is 1.00 bits per heavy atom. The van der Waals surface area contributed by atoms with E-state index in [1.54, 1.807) is 6.92 Å². The molecule has 0 bridgehead atoms. The summed E-state index contributed by atoms with van der Waals surface area (Å²) in [4.78, 5) is 28.3. The van der Waals surface area contributed by atoms with Crippen molar-refractivity contribution in [3.8, 4) is 0 Å². The minimum absolute atomic E-state index is 0.0110. The normalized spacial score (nSPS) is 13.4. The van der Waals surface area contributed by atoms with E-state index in [0.29, 0.717) is 17.7 Å². The van der Waals surface area contributed by atoms with Crippen molar-refractivity contribution in [2.75, 3.05) is 30.4 Å². The van der Waals surface area contributed by atoms with Crippen LogP contribution in [0.25, 0.3) is 0 Å². The second kappa shape index (κ2) is 6.48. The highest BCUT2D eigenvalue weighted by Crippen LogP contribution is 2.29. The fourth-order valence-corrected chi connectivity index (χ4v) is 3.09. The van der Waals surface area contributed by atoms with Gasteiger partial charge in [0, 0.05) is 43.1 Å². The number of fused-ring (bicyclic) bond motifs is 1. The van der Waals surface area contributed by atoms with Gasteiger partial charge in [-0.05, 0) is 67.8 Å². The van der Waals surface area contributed by atoms with Crippen LogP contribution in [0, 0.1) is 0 Å². The Labute approximate surface area is 142 Å². The zero-order chi connectivity index (χ0) is 17.3. The number of nitrogens with zero attached hydrogens (tertiary/aromatic N) is 2. The van der Waals surface area contributed by atoms with Crippen molar-refractivity contribution in [3.05, 3.63) is 59.2 Å². The molecule has 0 radical (unpaired) electrons. The summed E-state index contributed by atoms with van der Waals surface area (Å²) >= 11 is 0. The summed E-state index contributed by atoms with van der Waals surface area (Å²) in [6.45, 7) is 2.28. The smallest absolute Gasteiger partial charge is 0.258 e. The summed E-state index contributed by atoms with van der Waals surface area (Å²) < 4.78 is 0. The van der Waals surface area contributed by atoms with Crippen molar-refractivity contribution < 1.29 is 9.59 Å². The Kier molecular flexibility index (Phi) is 4.38. The SMILES string of the molecule is CC(=O)c1ccc2c(c1)CCCN2C(=O)c1ccc(N(C)C)cc1. The van der Waals surface area contributed by atoms with E-state index in [0.717, 1.165) is 29.8 Å². The van der Waals surface area contributed by atoms with Crippen LogP contribution in [0.3, 0.4) is 0 Å². The largest absolute Gasteiger partial charge is 0.378 e. The average Bonchev–Trinajstić information content (AvgIpc) is 2.60. The predicted octanol–water partition coefficient (Wildman–Crippen LogP) is 3.55. The molecule has 1 aliphatic heterocycles. The molecule has 0 N–H and O–H groups in total. The molecule has 24 heavy (non-hydrogen) atoms. The summed E-state index contributed by atoms with van der Waals surface area (Å²) in [6.07, 6.45) is 1.82. The number of anilines is 2. The third kappa shape index (κ3) is 3.04. The molecule has 2 aromatic carbocycles. The van der Waals surface area contributed by atoms with E-state index in [1.165, 1.54) is 0 Å². The van der Waals surface area contributed by atoms with E-state index in [-0.39, 0.29) is 11.7 Å². The van der Waals surface area contributed by atoms with E-state index in [1.807, 2.05) is 66.4 Å². The molecule has 0 unspecified atom stereocenters. The molecule has 0 saturated carbocycles. The van der Waals surface area contributed by atoms with Gasteiger partial charge in [0.05, 0.1) is 0 Å². The molecule has 1 heterocycles. The number of amides is 1. The third-order valence-electron chi connectivity index (χ3n) is 4.48. The summed E-state index contributed by atoms with van der Waals surface area (Å²) in [6, 6.07) is 13.3. The molecule has 1 aliphatic rings. The molecule has 0 fully saturated rings. The highest BCUT2D eigenvalue weighted by Gasteiger charge is 2.24. The van der Waals surface area contributed by atoms with Crippen molar-refractivity contribution in [3.63, 3.8) is 0 Å². The number of carbonyl (C=O) groups excluding carboxylic acids is 2. The number of ketones is 1. The van der Waals surface area contributed by atoms with Gasteiger partial charge >= 0.3 is 0 Å². The molecule has 124 valence electrons. The quantitative estimate of drug-likeness (QED) is 0.812. The molecule has 2 aromatic rings. The van der Waals surface area contributed by atoms with Crippen LogP contribution in [0.5, 0.6) is 0 Å². The molecule has 0 aliphatic carbocycles. The maximum absolute atomic E-state index is 12.9. The molecule has 0 atom stereocenters. The first-order valence-corrected chi connectivity index (χ1v) is 8.20. The van der Waals surface area contributed by atoms with Crippen LogP contribution in [0.4, 0.5) is 11.4 Å². The number of carbonyl (C=O) groups is 2. The van der Waals surface area contributed by atoms with Gasteiger partial charge in [-0.3, -0.25) is 9.59 Å². The van der Waals surface area contributed by atoms with E-state index in [9.17, 15) is 9.59 Å². The van der Waals surface area contributed by atoms with Crippen molar-refractivity contribution in [1.29, 1.82) is 0 Å². The van der Waals surface area contributed by atoms with Gasteiger partial charge in [-0.15, -0.1) is 0 Å². The number of hydrogen-bond acceptors (Lipinski definition) is 3. The molecule has 4 nitrogen and oxygen atoms in total. The summed E-state index contributed by atoms with van der Waals surface area (Å²) in [5.41, 5.74) is 4.46. The molecule has 0 aromatic heterocycles. The summed E-state index contributed by atoms with van der Waals surface area (Å²) in [5.74, 6) is 0.0670. The fourth-order valence-electron chi connectivity index (χ4n) is 3.09. The number of hydrogen-bond donors (Lipinski definition) is 0. The number of benzene rings is 2. The van der Waals surface area contributed by atoms with E-state index in [4.69, 9.17) is 0 Å². The molecule has 4 heteroatoms. The second-order valence-corrected chi connectivity index (χ2v) is 6.40. The second-order valence-electron chi connectivity index (χ2n) is 6.40. The number of rotatable bonds is 3. The van der Waals surface area contributed by atoms with E-state index in [2.05, 4.69) is 0 Å². The monoisotopic (exact) mass is 322 g/mol. The van der Waals surface area contributed by atoms with Gasteiger partial charge in [0.1, 0.15) is 0 Å². The minimum Gasteiger partial charge on any atom is -0.378 e. The van der Waals surface area contributed by atoms with E-state index >= 15 is 0 Å². The molecule has 0 saturated heterocycles. The van der Waals surface area contributed by atoms with Crippen LogP contribution < -0.4 is 9.80 Å². The van der Waals surface area contributed by atoms with Crippen LogP contribution in [-0.4, -0.2) is 32.3 Å². The van der Waals surface area contributed by atoms with Crippen LogP contribution in [0.2, 0.25) is 0 Å². The number of Topliss-reactive ketones (excluding diaryl/α,β-unsaturated/α-hetero) is 1. The first kappa shape index (κ1) is 16.2. The van der Waals surface area contributed by atoms with Gasteiger partial charge in [-0.2, -0.15) is 0 Å². The predicted molar refractivity (Wildman–Crippen MR) is 97.2 cm³/mol. The van der Waals surface area contributed by atoms with Crippen LogP contribution in [0.1, 0.15) is 39.6 Å². The van der Waals surface area contributed by atoms with Gasteiger partial charge in [-0.25, -0.2) is 0 Å². The van der Waals surface area contributed by atoms with Gasteiger partial charge in [0.25, 0.3) is 5.91 Å². The average molecular weight is 322 g/mol. The number of aryl methyl sites for hydroxylation is 1. The molecule has 0 spiro atoms. The van der Waals surface area contributed by atoms with Gasteiger partial charge in [0.2, 0.25) is 0 Å². The first-order valence-electron chi connectivity index (χ1n) is 8.20. The zero-order valence-electron chi connectivity index (χ0n) is 14.4. The topological polar surface area (TPSA) is 40.6 Å². The van der Waals surface area contributed by atoms with Crippen molar-refractivity contribution in [2.45, 2.75) is 19.8 Å². The van der Waals surface area contributed by atoms with Crippen LogP contribution in [0.15, 0.2) is 42.5 Å². The lowest BCUT2D eigenvalue weighted by molar-refractivity contribution is 0.0984. The first-order chi connectivity index (χ1) is 11.5. The molecule has 1 amide bonds. The van der Waals surface area contributed by atoms with Gasteiger partial charge in [0.15, 0.2) is 5.78 Å². The molecular weight excluding hydrogens is 300 g/mol. The van der Waals surface area contributed by atoms with Gasteiger partial charge < -0.3 is 9.80 Å². The van der Waals surface area contributed by atoms with Crippen molar-refractivity contribution >= 4 is 23.1 Å². The summed E-state index contributed by atoms with van der Waals surface area (Å²) in [5, 5.41) is 0. The Morgan fingerprint density at radius 2 is 1.67 bits per heavy atom. The highest BCUT2D eigenvalue weighted by molar-refractivity contribution is 6.07. The Hall–Kier alpha value is -2.62. The van der Waals surface area contributed by atoms with Crippen LogP contribution >= 0.6 is 0 Å². The lowest BCUT2D eigenvalue weighted by atomic mass is 9.97. The lowest BCUT2D eigenvalue weighted by Crippen LogP contribution is -2.35.